The normalized spacial score (nSPS) is 19.4. The molecule has 1 saturated heterocycles. The van der Waals surface area contributed by atoms with Crippen molar-refractivity contribution in [2.75, 3.05) is 7.11 Å². The minimum absolute atomic E-state index is 0.0334. The molecule has 0 spiro atoms. The van der Waals surface area contributed by atoms with Crippen molar-refractivity contribution in [2.24, 2.45) is 5.92 Å². The summed E-state index contributed by atoms with van der Waals surface area (Å²) in [4.78, 5) is 36.8. The van der Waals surface area contributed by atoms with E-state index >= 15 is 0 Å². The maximum Gasteiger partial charge on any atom is 0.331 e. The summed E-state index contributed by atoms with van der Waals surface area (Å²) in [7, 11) is 1.56. The van der Waals surface area contributed by atoms with Gasteiger partial charge in [0.1, 0.15) is 0 Å². The molecule has 0 radical (unpaired) electrons. The van der Waals surface area contributed by atoms with Gasteiger partial charge in [0.25, 0.3) is 5.79 Å². The summed E-state index contributed by atoms with van der Waals surface area (Å²) in [5.41, 5.74) is 0. The van der Waals surface area contributed by atoms with Crippen LogP contribution in [0.2, 0.25) is 0 Å². The number of methoxy groups -OCH3 is 1. The summed E-state index contributed by atoms with van der Waals surface area (Å²) in [5.74, 6) is -5.03. The molecule has 1 atom stereocenters. The Kier molecular flexibility index (Phi) is 4.97. The van der Waals surface area contributed by atoms with Crippen molar-refractivity contribution in [1.82, 2.24) is 0 Å². The van der Waals surface area contributed by atoms with Crippen LogP contribution in [0, 0.1) is 5.92 Å². The molecule has 1 aromatic heterocycles. The number of hydrogen-bond donors (Lipinski definition) is 0. The van der Waals surface area contributed by atoms with Crippen LogP contribution in [0.25, 0.3) is 0 Å². The fraction of sp³-hybridized carbons (Fsp3) is 0.533. The summed E-state index contributed by atoms with van der Waals surface area (Å²) in [6.07, 6.45) is 0.179. The molecule has 0 aliphatic carbocycles. The molecule has 1 fully saturated rings. The maximum atomic E-state index is 12.2. The van der Waals surface area contributed by atoms with E-state index < -0.39 is 29.4 Å². The lowest BCUT2D eigenvalue weighted by Gasteiger charge is -2.32. The second-order valence-electron chi connectivity index (χ2n) is 5.42. The van der Waals surface area contributed by atoms with Gasteiger partial charge in [-0.3, -0.25) is 14.4 Å². The van der Waals surface area contributed by atoms with E-state index in [-0.39, 0.29) is 12.5 Å². The molecule has 1 aliphatic rings. The fourth-order valence-electron chi connectivity index (χ4n) is 2.25. The van der Waals surface area contributed by atoms with E-state index in [0.717, 1.165) is 4.88 Å². The number of cyclic esters (lactones) is 2. The van der Waals surface area contributed by atoms with Gasteiger partial charge in [0.05, 0.1) is 6.10 Å². The van der Waals surface area contributed by atoms with Gasteiger partial charge in [0.15, 0.2) is 5.78 Å². The predicted molar refractivity (Wildman–Crippen MR) is 78.1 cm³/mol. The summed E-state index contributed by atoms with van der Waals surface area (Å²) in [6, 6.07) is 3.81. The van der Waals surface area contributed by atoms with E-state index in [9.17, 15) is 14.4 Å². The molecule has 2 rings (SSSR count). The Hall–Kier alpha value is -1.73. The molecule has 0 aromatic carbocycles. The van der Waals surface area contributed by atoms with Gasteiger partial charge >= 0.3 is 11.9 Å². The van der Waals surface area contributed by atoms with Crippen molar-refractivity contribution in [3.63, 3.8) is 0 Å². The minimum Gasteiger partial charge on any atom is -0.422 e. The first-order valence-electron chi connectivity index (χ1n) is 6.88. The first-order chi connectivity index (χ1) is 10.3. The highest BCUT2D eigenvalue weighted by Crippen LogP contribution is 2.29. The van der Waals surface area contributed by atoms with Crippen LogP contribution in [0.15, 0.2) is 17.5 Å². The van der Waals surface area contributed by atoms with Gasteiger partial charge < -0.3 is 14.2 Å². The molecule has 0 saturated carbocycles. The van der Waals surface area contributed by atoms with Gasteiger partial charge in [-0.2, -0.15) is 0 Å². The van der Waals surface area contributed by atoms with Crippen LogP contribution in [0.5, 0.6) is 0 Å². The number of hydrogen-bond acceptors (Lipinski definition) is 7. The zero-order valence-electron chi connectivity index (χ0n) is 12.7. The number of thiophene rings is 1. The highest BCUT2D eigenvalue weighted by Gasteiger charge is 2.46. The Balaban J connectivity index is 1.97. The van der Waals surface area contributed by atoms with E-state index in [4.69, 9.17) is 14.2 Å². The van der Waals surface area contributed by atoms with Crippen molar-refractivity contribution in [3.05, 3.63) is 22.4 Å². The Bertz CT molecular complexity index is 543. The smallest absolute Gasteiger partial charge is 0.331 e. The topological polar surface area (TPSA) is 78.9 Å². The Labute approximate surface area is 132 Å². The average molecular weight is 326 g/mol. The van der Waals surface area contributed by atoms with Gasteiger partial charge in [-0.15, -0.1) is 11.3 Å². The monoisotopic (exact) mass is 326 g/mol. The second-order valence-corrected chi connectivity index (χ2v) is 6.40. The van der Waals surface area contributed by atoms with Crippen LogP contribution < -0.4 is 0 Å². The summed E-state index contributed by atoms with van der Waals surface area (Å²) in [5, 5.41) is 1.92. The van der Waals surface area contributed by atoms with Crippen LogP contribution >= 0.6 is 11.3 Å². The lowest BCUT2D eigenvalue weighted by molar-refractivity contribution is -0.238. The van der Waals surface area contributed by atoms with E-state index in [1.54, 1.807) is 7.11 Å². The molecule has 6 nitrogen and oxygen atoms in total. The Morgan fingerprint density at radius 2 is 2.00 bits per heavy atom. The molecule has 1 aliphatic heterocycles. The lowest BCUT2D eigenvalue weighted by atomic mass is 9.97. The molecular weight excluding hydrogens is 308 g/mol. The summed E-state index contributed by atoms with van der Waals surface area (Å²) in [6.45, 7) is 2.89. The summed E-state index contributed by atoms with van der Waals surface area (Å²) >= 11 is 1.52. The van der Waals surface area contributed by atoms with Crippen LogP contribution in [0.4, 0.5) is 0 Å². The number of rotatable bonds is 6. The van der Waals surface area contributed by atoms with Gasteiger partial charge in [0, 0.05) is 32.3 Å². The molecule has 22 heavy (non-hydrogen) atoms. The Morgan fingerprint density at radius 1 is 1.36 bits per heavy atom. The highest BCUT2D eigenvalue weighted by atomic mass is 32.1. The molecule has 1 unspecified atom stereocenters. The van der Waals surface area contributed by atoms with Gasteiger partial charge in [-0.25, -0.2) is 0 Å². The SMILES string of the molecule is COC(CCC(=O)C1C(=O)OC(C)(C)OC1=O)c1cccs1. The maximum absolute atomic E-state index is 12.2. The third-order valence-corrected chi connectivity index (χ3v) is 4.25. The average Bonchev–Trinajstić information content (AvgIpc) is 2.91. The number of carbonyl (C=O) groups excluding carboxylic acids is 3. The molecule has 0 N–H and O–H groups in total. The van der Waals surface area contributed by atoms with E-state index in [0.29, 0.717) is 6.42 Å². The zero-order valence-corrected chi connectivity index (χ0v) is 13.5. The van der Waals surface area contributed by atoms with Crippen molar-refractivity contribution in [2.45, 2.75) is 38.6 Å². The number of carbonyl (C=O) groups is 3. The van der Waals surface area contributed by atoms with Crippen LogP contribution in [0.1, 0.15) is 37.7 Å². The number of Topliss-reactive ketones (excluding diaryl/α,β-unsaturated/α-hetero) is 1. The first-order valence-corrected chi connectivity index (χ1v) is 7.76. The lowest BCUT2D eigenvalue weighted by Crippen LogP contribution is -2.49. The molecule has 2 heterocycles. The number of ketones is 1. The third kappa shape index (κ3) is 3.72. The Morgan fingerprint density at radius 3 is 2.50 bits per heavy atom. The van der Waals surface area contributed by atoms with Gasteiger partial charge in [-0.1, -0.05) is 6.07 Å². The third-order valence-electron chi connectivity index (χ3n) is 3.28. The number of ether oxygens (including phenoxy) is 3. The standard InChI is InChI=1S/C15H18O6S/c1-15(2)20-13(17)12(14(18)21-15)9(16)6-7-10(19-3)11-5-4-8-22-11/h4-5,8,10,12H,6-7H2,1-3H3. The van der Waals surface area contributed by atoms with Crippen molar-refractivity contribution < 1.29 is 28.6 Å². The number of esters is 2. The molecular formula is C15H18O6S. The van der Waals surface area contributed by atoms with Crippen molar-refractivity contribution >= 4 is 29.1 Å². The molecule has 1 aromatic rings. The second kappa shape index (κ2) is 6.58. The van der Waals surface area contributed by atoms with Crippen molar-refractivity contribution in [3.8, 4) is 0 Å². The zero-order chi connectivity index (χ0) is 16.3. The van der Waals surface area contributed by atoms with Gasteiger partial charge in [0.2, 0.25) is 5.92 Å². The van der Waals surface area contributed by atoms with Crippen LogP contribution in [-0.2, 0) is 28.6 Å². The highest BCUT2D eigenvalue weighted by molar-refractivity contribution is 7.10. The molecule has 7 heteroatoms. The molecule has 0 amide bonds. The van der Waals surface area contributed by atoms with Gasteiger partial charge in [-0.05, 0) is 17.9 Å². The molecule has 0 bridgehead atoms. The van der Waals surface area contributed by atoms with E-state index in [1.807, 2.05) is 17.5 Å². The van der Waals surface area contributed by atoms with E-state index in [2.05, 4.69) is 0 Å². The van der Waals surface area contributed by atoms with Crippen LogP contribution in [0.3, 0.4) is 0 Å². The minimum atomic E-state index is -1.49. The summed E-state index contributed by atoms with van der Waals surface area (Å²) < 4.78 is 15.2. The predicted octanol–water partition coefficient (Wildman–Crippen LogP) is 2.24. The quantitative estimate of drug-likeness (QED) is 0.589. The first kappa shape index (κ1) is 16.6. The van der Waals surface area contributed by atoms with Crippen LogP contribution in [-0.4, -0.2) is 30.6 Å². The largest absolute Gasteiger partial charge is 0.422 e. The van der Waals surface area contributed by atoms with E-state index in [1.165, 1.54) is 25.2 Å². The molecule has 120 valence electrons. The fourth-order valence-corrected chi connectivity index (χ4v) is 3.09. The van der Waals surface area contributed by atoms with Crippen molar-refractivity contribution in [1.29, 1.82) is 0 Å².